The summed E-state index contributed by atoms with van der Waals surface area (Å²) in [6.45, 7) is 2.05. The van der Waals surface area contributed by atoms with Crippen LogP contribution >= 0.6 is 0 Å². The lowest BCUT2D eigenvalue weighted by atomic mass is 9.89. The fraction of sp³-hybridized carbons (Fsp3) is 0.900. The second-order valence-corrected chi connectivity index (χ2v) is 4.38. The highest BCUT2D eigenvalue weighted by Crippen LogP contribution is 2.43. The van der Waals surface area contributed by atoms with Crippen molar-refractivity contribution in [1.82, 2.24) is 5.32 Å². The summed E-state index contributed by atoms with van der Waals surface area (Å²) in [6.07, 6.45) is 5.58. The van der Waals surface area contributed by atoms with E-state index in [0.717, 1.165) is 19.3 Å². The lowest BCUT2D eigenvalue weighted by molar-refractivity contribution is -0.125. The number of primary amides is 1. The molecule has 0 heterocycles. The fourth-order valence-corrected chi connectivity index (χ4v) is 2.12. The monoisotopic (exact) mass is 182 g/mol. The summed E-state index contributed by atoms with van der Waals surface area (Å²) in [5.74, 6) is 0.361. The molecule has 0 aromatic rings. The minimum Gasteiger partial charge on any atom is -0.368 e. The second-order valence-electron chi connectivity index (χ2n) is 4.38. The van der Waals surface area contributed by atoms with E-state index in [4.69, 9.17) is 5.73 Å². The first-order valence-corrected chi connectivity index (χ1v) is 5.26. The van der Waals surface area contributed by atoms with E-state index in [1.807, 2.05) is 0 Å². The smallest absolute Gasteiger partial charge is 0.238 e. The molecule has 0 aromatic carbocycles. The van der Waals surface area contributed by atoms with Gasteiger partial charge in [0.15, 0.2) is 0 Å². The quantitative estimate of drug-likeness (QED) is 0.660. The van der Waals surface area contributed by atoms with E-state index < -0.39 is 0 Å². The molecule has 0 spiro atoms. The molecule has 3 nitrogen and oxygen atoms in total. The molecule has 0 aliphatic heterocycles. The lowest BCUT2D eigenvalue weighted by Crippen LogP contribution is -2.57. The van der Waals surface area contributed by atoms with Crippen molar-refractivity contribution in [3.63, 3.8) is 0 Å². The van der Waals surface area contributed by atoms with E-state index in [1.165, 1.54) is 12.8 Å². The zero-order valence-electron chi connectivity index (χ0n) is 8.18. The van der Waals surface area contributed by atoms with Crippen LogP contribution in [0, 0.1) is 5.92 Å². The van der Waals surface area contributed by atoms with Crippen LogP contribution in [0.25, 0.3) is 0 Å². The molecule has 1 amide bonds. The topological polar surface area (TPSA) is 55.1 Å². The molecule has 0 radical (unpaired) electrons. The van der Waals surface area contributed by atoms with Gasteiger partial charge in [-0.05, 0) is 38.0 Å². The standard InChI is InChI=1S/C10H18N2O/c1-2-10(9(11)13,7-3-4-7)12-8-5-6-8/h7-8,12H,2-6H2,1H3,(H2,11,13). The van der Waals surface area contributed by atoms with Crippen LogP contribution in [0.15, 0.2) is 0 Å². The summed E-state index contributed by atoms with van der Waals surface area (Å²) in [5, 5.41) is 3.44. The van der Waals surface area contributed by atoms with Crippen molar-refractivity contribution in [2.24, 2.45) is 11.7 Å². The zero-order chi connectivity index (χ0) is 9.47. The van der Waals surface area contributed by atoms with Crippen molar-refractivity contribution < 1.29 is 4.79 Å². The summed E-state index contributed by atoms with van der Waals surface area (Å²) in [5.41, 5.74) is 5.12. The second kappa shape index (κ2) is 2.98. The van der Waals surface area contributed by atoms with Crippen molar-refractivity contribution in [1.29, 1.82) is 0 Å². The number of hydrogen-bond donors (Lipinski definition) is 2. The number of nitrogens with two attached hydrogens (primary N) is 1. The first-order valence-electron chi connectivity index (χ1n) is 5.26. The predicted octanol–water partition coefficient (Wildman–Crippen LogP) is 0.782. The number of hydrogen-bond acceptors (Lipinski definition) is 2. The number of carbonyl (C=O) groups is 1. The first-order chi connectivity index (χ1) is 6.19. The summed E-state index contributed by atoms with van der Waals surface area (Å²) < 4.78 is 0. The molecule has 13 heavy (non-hydrogen) atoms. The van der Waals surface area contributed by atoms with Gasteiger partial charge in [-0.1, -0.05) is 6.92 Å². The summed E-state index contributed by atoms with van der Waals surface area (Å²) in [7, 11) is 0. The Morgan fingerprint density at radius 3 is 2.38 bits per heavy atom. The van der Waals surface area contributed by atoms with Gasteiger partial charge in [-0.2, -0.15) is 0 Å². The van der Waals surface area contributed by atoms with Crippen molar-refractivity contribution in [3.05, 3.63) is 0 Å². The summed E-state index contributed by atoms with van der Waals surface area (Å²) in [4.78, 5) is 11.5. The third kappa shape index (κ3) is 1.57. The summed E-state index contributed by atoms with van der Waals surface area (Å²) >= 11 is 0. The van der Waals surface area contributed by atoms with Gasteiger partial charge in [0, 0.05) is 6.04 Å². The number of carbonyl (C=O) groups excluding carboxylic acids is 1. The SMILES string of the molecule is CCC(NC1CC1)(C(N)=O)C1CC1. The van der Waals surface area contributed by atoms with Gasteiger partial charge < -0.3 is 11.1 Å². The maximum Gasteiger partial charge on any atom is 0.238 e. The number of nitrogens with one attached hydrogen (secondary N) is 1. The minimum absolute atomic E-state index is 0.149. The van der Waals surface area contributed by atoms with E-state index in [0.29, 0.717) is 12.0 Å². The van der Waals surface area contributed by atoms with E-state index in [9.17, 15) is 4.79 Å². The number of amides is 1. The Morgan fingerprint density at radius 2 is 2.08 bits per heavy atom. The average molecular weight is 182 g/mol. The van der Waals surface area contributed by atoms with Crippen molar-refractivity contribution >= 4 is 5.91 Å². The number of rotatable bonds is 5. The zero-order valence-corrected chi connectivity index (χ0v) is 8.18. The van der Waals surface area contributed by atoms with Crippen LogP contribution in [-0.4, -0.2) is 17.5 Å². The van der Waals surface area contributed by atoms with Gasteiger partial charge in [0.1, 0.15) is 5.54 Å². The van der Waals surface area contributed by atoms with E-state index in [-0.39, 0.29) is 11.4 Å². The van der Waals surface area contributed by atoms with Gasteiger partial charge in [-0.25, -0.2) is 0 Å². The molecule has 0 aromatic heterocycles. The molecule has 0 saturated heterocycles. The largest absolute Gasteiger partial charge is 0.368 e. The van der Waals surface area contributed by atoms with Crippen molar-refractivity contribution in [2.75, 3.05) is 0 Å². The Morgan fingerprint density at radius 1 is 1.46 bits per heavy atom. The molecule has 2 aliphatic carbocycles. The molecular weight excluding hydrogens is 164 g/mol. The highest BCUT2D eigenvalue weighted by Gasteiger charge is 2.50. The van der Waals surface area contributed by atoms with Crippen LogP contribution in [0.4, 0.5) is 0 Å². The van der Waals surface area contributed by atoms with Crippen LogP contribution < -0.4 is 11.1 Å². The van der Waals surface area contributed by atoms with E-state index in [1.54, 1.807) is 0 Å². The lowest BCUT2D eigenvalue weighted by Gasteiger charge is -2.31. The Kier molecular flexibility index (Phi) is 2.06. The molecule has 1 unspecified atom stereocenters. The van der Waals surface area contributed by atoms with Crippen LogP contribution in [0.2, 0.25) is 0 Å². The molecular formula is C10H18N2O. The molecule has 2 saturated carbocycles. The molecule has 2 aliphatic rings. The Balaban J connectivity index is 2.09. The Hall–Kier alpha value is -0.570. The third-order valence-electron chi connectivity index (χ3n) is 3.31. The van der Waals surface area contributed by atoms with Crippen molar-refractivity contribution in [3.8, 4) is 0 Å². The highest BCUT2D eigenvalue weighted by molar-refractivity contribution is 5.85. The fourth-order valence-electron chi connectivity index (χ4n) is 2.12. The maximum absolute atomic E-state index is 11.5. The molecule has 0 bridgehead atoms. The van der Waals surface area contributed by atoms with Gasteiger partial charge >= 0.3 is 0 Å². The summed E-state index contributed by atoms with van der Waals surface area (Å²) in [6, 6.07) is 0.563. The third-order valence-corrected chi connectivity index (χ3v) is 3.31. The van der Waals surface area contributed by atoms with Crippen LogP contribution in [-0.2, 0) is 4.79 Å². The van der Waals surface area contributed by atoms with Gasteiger partial charge in [0.05, 0.1) is 0 Å². The van der Waals surface area contributed by atoms with Gasteiger partial charge in [-0.15, -0.1) is 0 Å². The maximum atomic E-state index is 11.5. The molecule has 3 N–H and O–H groups in total. The van der Waals surface area contributed by atoms with E-state index >= 15 is 0 Å². The molecule has 2 rings (SSSR count). The van der Waals surface area contributed by atoms with Crippen LogP contribution in [0.3, 0.4) is 0 Å². The van der Waals surface area contributed by atoms with Crippen LogP contribution in [0.5, 0.6) is 0 Å². The van der Waals surface area contributed by atoms with Crippen molar-refractivity contribution in [2.45, 2.75) is 50.6 Å². The van der Waals surface area contributed by atoms with Gasteiger partial charge in [0.25, 0.3) is 0 Å². The highest BCUT2D eigenvalue weighted by atomic mass is 16.1. The van der Waals surface area contributed by atoms with Gasteiger partial charge in [-0.3, -0.25) is 4.79 Å². The van der Waals surface area contributed by atoms with Gasteiger partial charge in [0.2, 0.25) is 5.91 Å². The molecule has 74 valence electrons. The molecule has 2 fully saturated rings. The Bertz CT molecular complexity index is 221. The van der Waals surface area contributed by atoms with E-state index in [2.05, 4.69) is 12.2 Å². The molecule has 1 atom stereocenters. The Labute approximate surface area is 79.1 Å². The molecule has 3 heteroatoms. The predicted molar refractivity (Wildman–Crippen MR) is 51.1 cm³/mol. The normalized spacial score (nSPS) is 26.8. The first kappa shape index (κ1) is 9.00. The van der Waals surface area contributed by atoms with Crippen LogP contribution in [0.1, 0.15) is 39.0 Å². The minimum atomic E-state index is -0.374. The average Bonchev–Trinajstić information content (AvgIpc) is 2.92.